The smallest absolute Gasteiger partial charge is 0.228 e. The monoisotopic (exact) mass is 356 g/mol. The first-order valence-electron chi connectivity index (χ1n) is 7.70. The molecule has 1 aromatic heterocycles. The Morgan fingerprint density at radius 3 is 2.78 bits per heavy atom. The molecule has 1 N–H and O–H groups in total. The summed E-state index contributed by atoms with van der Waals surface area (Å²) >= 11 is 7.72. The minimum absolute atomic E-state index is 0.0999. The first-order chi connectivity index (χ1) is 11.0. The van der Waals surface area contributed by atoms with Crippen molar-refractivity contribution in [3.8, 4) is 5.75 Å². The Balaban J connectivity index is 2.43. The number of quaternary nitrogens is 1. The number of ether oxygens (including phenoxy) is 1. The van der Waals surface area contributed by atoms with E-state index in [2.05, 4.69) is 19.1 Å². The predicted octanol–water partition coefficient (Wildman–Crippen LogP) is 2.24. The van der Waals surface area contributed by atoms with E-state index in [-0.39, 0.29) is 5.91 Å². The van der Waals surface area contributed by atoms with Gasteiger partial charge in [0.05, 0.1) is 44.0 Å². The molecule has 0 fully saturated rings. The lowest BCUT2D eigenvalue weighted by molar-refractivity contribution is -0.856. The van der Waals surface area contributed by atoms with E-state index in [1.165, 1.54) is 16.2 Å². The van der Waals surface area contributed by atoms with E-state index in [1.807, 2.05) is 6.92 Å². The van der Waals surface area contributed by atoms with Crippen LogP contribution in [0, 0.1) is 0 Å². The predicted molar refractivity (Wildman–Crippen MR) is 96.1 cm³/mol. The van der Waals surface area contributed by atoms with Gasteiger partial charge in [-0.3, -0.25) is 9.69 Å². The van der Waals surface area contributed by atoms with Gasteiger partial charge in [-0.2, -0.15) is 0 Å². The summed E-state index contributed by atoms with van der Waals surface area (Å²) in [6.07, 6.45) is 1.34. The molecule has 7 heteroatoms. The lowest BCUT2D eigenvalue weighted by Crippen LogP contribution is -3.06. The number of nitrogens with zero attached hydrogens (tertiary/aromatic N) is 2. The SMILES string of the molecule is CCCC(=O)N(CC[NH+](C)C)c1nc2c(OC)ccc(Cl)c2s1. The average Bonchev–Trinajstić information content (AvgIpc) is 2.93. The van der Waals surface area contributed by atoms with Gasteiger partial charge in [0.25, 0.3) is 0 Å². The van der Waals surface area contributed by atoms with Gasteiger partial charge in [-0.25, -0.2) is 4.98 Å². The van der Waals surface area contributed by atoms with Crippen molar-refractivity contribution >= 4 is 44.2 Å². The van der Waals surface area contributed by atoms with Gasteiger partial charge in [-0.05, 0) is 18.6 Å². The molecule has 0 radical (unpaired) electrons. The van der Waals surface area contributed by atoms with E-state index in [0.29, 0.717) is 34.4 Å². The van der Waals surface area contributed by atoms with Crippen LogP contribution in [0.3, 0.4) is 0 Å². The summed E-state index contributed by atoms with van der Waals surface area (Å²) in [6, 6.07) is 3.60. The zero-order chi connectivity index (χ0) is 17.0. The largest absolute Gasteiger partial charge is 0.494 e. The van der Waals surface area contributed by atoms with Crippen LogP contribution in [0.2, 0.25) is 5.02 Å². The van der Waals surface area contributed by atoms with E-state index in [0.717, 1.165) is 17.7 Å². The number of benzene rings is 1. The van der Waals surface area contributed by atoms with Crippen molar-refractivity contribution < 1.29 is 14.4 Å². The van der Waals surface area contributed by atoms with E-state index in [4.69, 9.17) is 16.3 Å². The van der Waals surface area contributed by atoms with E-state index in [9.17, 15) is 4.79 Å². The van der Waals surface area contributed by atoms with Crippen LogP contribution in [-0.2, 0) is 4.79 Å². The molecule has 2 rings (SSSR count). The Kier molecular flexibility index (Phi) is 6.21. The number of aromatic nitrogens is 1. The van der Waals surface area contributed by atoms with Gasteiger partial charge >= 0.3 is 0 Å². The van der Waals surface area contributed by atoms with Crippen molar-refractivity contribution in [2.45, 2.75) is 19.8 Å². The maximum atomic E-state index is 12.5. The molecule has 1 amide bonds. The number of hydrogen-bond donors (Lipinski definition) is 1. The molecule has 0 aliphatic heterocycles. The van der Waals surface area contributed by atoms with Crippen LogP contribution >= 0.6 is 22.9 Å². The molecule has 1 aromatic carbocycles. The van der Waals surface area contributed by atoms with E-state index >= 15 is 0 Å². The number of halogens is 1. The molecule has 0 saturated heterocycles. The number of anilines is 1. The number of carbonyl (C=O) groups is 1. The van der Waals surface area contributed by atoms with Crippen molar-refractivity contribution in [1.29, 1.82) is 0 Å². The summed E-state index contributed by atoms with van der Waals surface area (Å²) in [5, 5.41) is 1.32. The summed E-state index contributed by atoms with van der Waals surface area (Å²) in [5.41, 5.74) is 0.714. The van der Waals surface area contributed by atoms with Crippen molar-refractivity contribution in [3.05, 3.63) is 17.2 Å². The quantitative estimate of drug-likeness (QED) is 0.827. The lowest BCUT2D eigenvalue weighted by Gasteiger charge is -2.20. The molecule has 0 spiro atoms. The van der Waals surface area contributed by atoms with Gasteiger partial charge in [0.1, 0.15) is 11.3 Å². The standard InChI is InChI=1S/C16H22ClN3O2S/c1-5-6-13(21)20(10-9-19(2)3)16-18-14-12(22-4)8-7-11(17)15(14)23-16/h7-8H,5-6,9-10H2,1-4H3/p+1. The molecule has 126 valence electrons. The maximum Gasteiger partial charge on any atom is 0.228 e. The molecule has 2 aromatic rings. The van der Waals surface area contributed by atoms with Crippen LogP contribution in [0.15, 0.2) is 12.1 Å². The molecule has 0 atom stereocenters. The minimum atomic E-state index is 0.0999. The number of rotatable bonds is 7. The molecule has 1 heterocycles. The minimum Gasteiger partial charge on any atom is -0.494 e. The number of carbonyl (C=O) groups excluding carboxylic acids is 1. The molecular formula is C16H23ClN3O2S+. The van der Waals surface area contributed by atoms with Crippen LogP contribution in [0.25, 0.3) is 10.2 Å². The molecule has 0 unspecified atom stereocenters. The molecule has 0 saturated carbocycles. The summed E-state index contributed by atoms with van der Waals surface area (Å²) in [5.74, 6) is 0.774. The van der Waals surface area contributed by atoms with Gasteiger partial charge in [-0.15, -0.1) is 0 Å². The highest BCUT2D eigenvalue weighted by atomic mass is 35.5. The van der Waals surface area contributed by atoms with Gasteiger partial charge in [-0.1, -0.05) is 29.9 Å². The molecule has 0 aliphatic rings. The lowest BCUT2D eigenvalue weighted by atomic mass is 10.3. The fourth-order valence-corrected chi connectivity index (χ4v) is 3.53. The van der Waals surface area contributed by atoms with Crippen molar-refractivity contribution in [2.75, 3.05) is 39.2 Å². The highest BCUT2D eigenvalue weighted by Crippen LogP contribution is 2.38. The Hall–Kier alpha value is -1.37. The summed E-state index contributed by atoms with van der Waals surface area (Å²) in [7, 11) is 5.75. The second kappa shape index (κ2) is 7.95. The summed E-state index contributed by atoms with van der Waals surface area (Å²) in [6.45, 7) is 3.50. The zero-order valence-electron chi connectivity index (χ0n) is 14.0. The fraction of sp³-hybridized carbons (Fsp3) is 0.500. The van der Waals surface area contributed by atoms with Crippen LogP contribution in [0.5, 0.6) is 5.75 Å². The molecule has 0 aliphatic carbocycles. The fourth-order valence-electron chi connectivity index (χ4n) is 2.23. The summed E-state index contributed by atoms with van der Waals surface area (Å²) < 4.78 is 6.21. The van der Waals surface area contributed by atoms with Crippen LogP contribution in [-0.4, -0.2) is 45.2 Å². The van der Waals surface area contributed by atoms with Crippen molar-refractivity contribution in [3.63, 3.8) is 0 Å². The average molecular weight is 357 g/mol. The van der Waals surface area contributed by atoms with Crippen LogP contribution < -0.4 is 14.5 Å². The number of nitrogens with one attached hydrogen (secondary N) is 1. The highest BCUT2D eigenvalue weighted by Gasteiger charge is 2.22. The third-order valence-electron chi connectivity index (χ3n) is 3.50. The molecule has 23 heavy (non-hydrogen) atoms. The van der Waals surface area contributed by atoms with Gasteiger partial charge < -0.3 is 9.64 Å². The molecule has 0 bridgehead atoms. The number of likely N-dealkylation sites (N-methyl/N-ethyl adjacent to an activating group) is 1. The van der Waals surface area contributed by atoms with Crippen LogP contribution in [0.4, 0.5) is 5.13 Å². The first-order valence-corrected chi connectivity index (χ1v) is 8.89. The van der Waals surface area contributed by atoms with Gasteiger partial charge in [0, 0.05) is 6.42 Å². The zero-order valence-corrected chi connectivity index (χ0v) is 15.6. The second-order valence-electron chi connectivity index (χ2n) is 5.68. The van der Waals surface area contributed by atoms with Gasteiger partial charge in [0.15, 0.2) is 5.13 Å². The topological polar surface area (TPSA) is 46.9 Å². The Morgan fingerprint density at radius 1 is 1.43 bits per heavy atom. The van der Waals surface area contributed by atoms with Gasteiger partial charge in [0.2, 0.25) is 5.91 Å². The highest BCUT2D eigenvalue weighted by molar-refractivity contribution is 7.23. The third-order valence-corrected chi connectivity index (χ3v) is 5.04. The maximum absolute atomic E-state index is 12.5. The van der Waals surface area contributed by atoms with E-state index in [1.54, 1.807) is 24.1 Å². The number of fused-ring (bicyclic) bond motifs is 1. The van der Waals surface area contributed by atoms with Crippen LogP contribution in [0.1, 0.15) is 19.8 Å². The number of methoxy groups -OCH3 is 1. The Bertz CT molecular complexity index is 687. The van der Waals surface area contributed by atoms with Crippen molar-refractivity contribution in [2.24, 2.45) is 0 Å². The Morgan fingerprint density at radius 2 is 2.17 bits per heavy atom. The Labute approximate surface area is 145 Å². The number of amides is 1. The van der Waals surface area contributed by atoms with E-state index < -0.39 is 0 Å². The number of thiazole rings is 1. The second-order valence-corrected chi connectivity index (χ2v) is 7.06. The number of hydrogen-bond acceptors (Lipinski definition) is 4. The molecule has 5 nitrogen and oxygen atoms in total. The third kappa shape index (κ3) is 4.13. The first kappa shape index (κ1) is 18.0. The van der Waals surface area contributed by atoms with Crippen molar-refractivity contribution in [1.82, 2.24) is 4.98 Å². The normalized spacial score (nSPS) is 11.2. The molecular weight excluding hydrogens is 334 g/mol. The summed E-state index contributed by atoms with van der Waals surface area (Å²) in [4.78, 5) is 20.2.